The van der Waals surface area contributed by atoms with Crippen LogP contribution in [0.25, 0.3) is 0 Å². The Morgan fingerprint density at radius 3 is 2.84 bits per heavy atom. The predicted octanol–water partition coefficient (Wildman–Crippen LogP) is 5.28. The molecule has 4 rings (SSSR count). The SMILES string of the molecule is S=C(NCc1ccccc1)Nc1ccc2c(c1)CC1C=C(Br)C=CC21. The average Bonchev–Trinajstić information content (AvgIpc) is 2.97. The van der Waals surface area contributed by atoms with Crippen molar-refractivity contribution >= 4 is 38.9 Å². The van der Waals surface area contributed by atoms with E-state index < -0.39 is 0 Å². The zero-order valence-corrected chi connectivity index (χ0v) is 16.1. The molecule has 4 heteroatoms. The molecular formula is C21H19BrN2S. The van der Waals surface area contributed by atoms with Gasteiger partial charge in [0.05, 0.1) is 0 Å². The third-order valence-electron chi connectivity index (χ3n) is 4.81. The van der Waals surface area contributed by atoms with Crippen LogP contribution in [0.2, 0.25) is 0 Å². The highest BCUT2D eigenvalue weighted by molar-refractivity contribution is 9.11. The number of hydrogen-bond donors (Lipinski definition) is 2. The second-order valence-corrected chi connectivity index (χ2v) is 7.84. The Morgan fingerprint density at radius 2 is 2.00 bits per heavy atom. The number of halogens is 1. The fourth-order valence-corrected chi connectivity index (χ4v) is 4.30. The highest BCUT2D eigenvalue weighted by atomic mass is 79.9. The molecule has 2 N–H and O–H groups in total. The third-order valence-corrected chi connectivity index (χ3v) is 5.58. The normalized spacial score (nSPS) is 20.4. The standard InChI is InChI=1S/C21H19BrN2S/c22-17-6-8-19-15(11-17)10-16-12-18(7-9-20(16)19)24-21(25)23-13-14-4-2-1-3-5-14/h1-9,11-12,15,19H,10,13H2,(H2,23,24,25). The van der Waals surface area contributed by atoms with Gasteiger partial charge in [0, 0.05) is 22.6 Å². The fourth-order valence-electron chi connectivity index (χ4n) is 3.62. The first-order chi connectivity index (χ1) is 12.2. The van der Waals surface area contributed by atoms with Crippen molar-refractivity contribution in [3.63, 3.8) is 0 Å². The molecule has 2 aromatic carbocycles. The van der Waals surface area contributed by atoms with Crippen LogP contribution < -0.4 is 10.6 Å². The van der Waals surface area contributed by atoms with Gasteiger partial charge < -0.3 is 10.6 Å². The van der Waals surface area contributed by atoms with Crippen molar-refractivity contribution in [1.29, 1.82) is 0 Å². The molecule has 0 aliphatic heterocycles. The first kappa shape index (κ1) is 16.6. The molecule has 0 saturated carbocycles. The third kappa shape index (κ3) is 3.70. The van der Waals surface area contributed by atoms with Gasteiger partial charge in [-0.3, -0.25) is 0 Å². The van der Waals surface area contributed by atoms with Gasteiger partial charge in [-0.25, -0.2) is 0 Å². The lowest BCUT2D eigenvalue weighted by Gasteiger charge is -2.17. The Balaban J connectivity index is 1.41. The van der Waals surface area contributed by atoms with E-state index in [4.69, 9.17) is 12.2 Å². The molecule has 0 spiro atoms. The minimum Gasteiger partial charge on any atom is -0.358 e. The van der Waals surface area contributed by atoms with Crippen molar-refractivity contribution in [3.05, 3.63) is 87.9 Å². The number of rotatable bonds is 3. The Kier molecular flexibility index (Phi) is 4.73. The molecule has 25 heavy (non-hydrogen) atoms. The monoisotopic (exact) mass is 410 g/mol. The van der Waals surface area contributed by atoms with E-state index in [1.54, 1.807) is 0 Å². The van der Waals surface area contributed by atoms with Gasteiger partial charge in [0.1, 0.15) is 0 Å². The molecule has 126 valence electrons. The molecule has 2 aliphatic rings. The summed E-state index contributed by atoms with van der Waals surface area (Å²) in [6, 6.07) is 16.9. The van der Waals surface area contributed by atoms with E-state index in [0.717, 1.165) is 18.7 Å². The number of hydrogen-bond acceptors (Lipinski definition) is 1. The van der Waals surface area contributed by atoms with Gasteiger partial charge in [-0.05, 0) is 53.4 Å². The van der Waals surface area contributed by atoms with Gasteiger partial charge in [-0.1, -0.05) is 70.6 Å². The van der Waals surface area contributed by atoms with Crippen molar-refractivity contribution in [2.45, 2.75) is 18.9 Å². The number of fused-ring (bicyclic) bond motifs is 3. The Morgan fingerprint density at radius 1 is 1.16 bits per heavy atom. The summed E-state index contributed by atoms with van der Waals surface area (Å²) >= 11 is 9.02. The number of thiocarbonyl (C=S) groups is 1. The van der Waals surface area contributed by atoms with Crippen molar-refractivity contribution in [3.8, 4) is 0 Å². The predicted molar refractivity (Wildman–Crippen MR) is 112 cm³/mol. The minimum atomic E-state index is 0.508. The van der Waals surface area contributed by atoms with Gasteiger partial charge >= 0.3 is 0 Å². The Hall–Kier alpha value is -1.91. The number of anilines is 1. The molecule has 2 aromatic rings. The van der Waals surface area contributed by atoms with Crippen molar-refractivity contribution in [2.24, 2.45) is 5.92 Å². The molecular weight excluding hydrogens is 392 g/mol. The maximum atomic E-state index is 5.43. The summed E-state index contributed by atoms with van der Waals surface area (Å²) in [5.74, 6) is 1.07. The molecule has 0 bridgehead atoms. The van der Waals surface area contributed by atoms with E-state index >= 15 is 0 Å². The van der Waals surface area contributed by atoms with E-state index in [9.17, 15) is 0 Å². The maximum Gasteiger partial charge on any atom is 0.171 e. The summed E-state index contributed by atoms with van der Waals surface area (Å²) in [6.45, 7) is 0.728. The molecule has 0 saturated heterocycles. The highest BCUT2D eigenvalue weighted by Gasteiger charge is 2.31. The van der Waals surface area contributed by atoms with E-state index in [2.05, 4.69) is 75.1 Å². The van der Waals surface area contributed by atoms with Gasteiger partial charge in [0.15, 0.2) is 5.11 Å². The van der Waals surface area contributed by atoms with Gasteiger partial charge in [-0.2, -0.15) is 0 Å². The summed E-state index contributed by atoms with van der Waals surface area (Å²) < 4.78 is 1.19. The van der Waals surface area contributed by atoms with E-state index in [1.807, 2.05) is 18.2 Å². The quantitative estimate of drug-likeness (QED) is 0.673. The molecule has 2 nitrogen and oxygen atoms in total. The first-order valence-electron chi connectivity index (χ1n) is 8.46. The summed E-state index contributed by atoms with van der Waals surface area (Å²) in [5, 5.41) is 7.23. The molecule has 0 radical (unpaired) electrons. The van der Waals surface area contributed by atoms with Crippen molar-refractivity contribution < 1.29 is 0 Å². The maximum absolute atomic E-state index is 5.43. The fraction of sp³-hybridized carbons (Fsp3) is 0.190. The van der Waals surface area contributed by atoms with Crippen molar-refractivity contribution in [1.82, 2.24) is 5.32 Å². The average molecular weight is 411 g/mol. The lowest BCUT2D eigenvalue weighted by Crippen LogP contribution is -2.27. The molecule has 0 aromatic heterocycles. The molecule has 0 amide bonds. The number of benzene rings is 2. The zero-order chi connectivity index (χ0) is 17.2. The van der Waals surface area contributed by atoms with E-state index in [-0.39, 0.29) is 0 Å². The molecule has 0 heterocycles. The molecule has 2 unspecified atom stereocenters. The van der Waals surface area contributed by atoms with Crippen LogP contribution in [0.3, 0.4) is 0 Å². The summed E-state index contributed by atoms with van der Waals surface area (Å²) in [5.41, 5.74) is 5.11. The summed E-state index contributed by atoms with van der Waals surface area (Å²) in [7, 11) is 0. The molecule has 0 fully saturated rings. The van der Waals surface area contributed by atoms with Crippen LogP contribution in [-0.4, -0.2) is 5.11 Å². The van der Waals surface area contributed by atoms with Gasteiger partial charge in [0.25, 0.3) is 0 Å². The first-order valence-corrected chi connectivity index (χ1v) is 9.66. The number of nitrogens with one attached hydrogen (secondary N) is 2. The minimum absolute atomic E-state index is 0.508. The highest BCUT2D eigenvalue weighted by Crippen LogP contribution is 2.43. The van der Waals surface area contributed by atoms with Crippen LogP contribution in [0.5, 0.6) is 0 Å². The molecule has 2 aliphatic carbocycles. The van der Waals surface area contributed by atoms with Crippen LogP contribution in [0.1, 0.15) is 22.6 Å². The largest absolute Gasteiger partial charge is 0.358 e. The lowest BCUT2D eigenvalue weighted by molar-refractivity contribution is 0.629. The van der Waals surface area contributed by atoms with Gasteiger partial charge in [0.2, 0.25) is 0 Å². The van der Waals surface area contributed by atoms with Crippen LogP contribution >= 0.6 is 28.1 Å². The van der Waals surface area contributed by atoms with Crippen LogP contribution in [0, 0.1) is 5.92 Å². The van der Waals surface area contributed by atoms with Crippen molar-refractivity contribution in [2.75, 3.05) is 5.32 Å². The Labute approximate surface area is 162 Å². The Bertz CT molecular complexity index is 857. The second-order valence-electron chi connectivity index (χ2n) is 6.51. The van der Waals surface area contributed by atoms with Crippen LogP contribution in [-0.2, 0) is 13.0 Å². The summed E-state index contributed by atoms with van der Waals surface area (Å²) in [6.07, 6.45) is 7.87. The lowest BCUT2D eigenvalue weighted by atomic mass is 9.89. The van der Waals surface area contributed by atoms with Crippen LogP contribution in [0.4, 0.5) is 5.69 Å². The smallest absolute Gasteiger partial charge is 0.171 e. The second kappa shape index (κ2) is 7.14. The van der Waals surface area contributed by atoms with E-state index in [1.165, 1.54) is 21.2 Å². The number of allylic oxidation sites excluding steroid dienone is 4. The van der Waals surface area contributed by atoms with Crippen LogP contribution in [0.15, 0.2) is 71.2 Å². The topological polar surface area (TPSA) is 24.1 Å². The van der Waals surface area contributed by atoms with E-state index in [0.29, 0.717) is 16.9 Å². The molecule has 2 atom stereocenters. The summed E-state index contributed by atoms with van der Waals surface area (Å²) in [4.78, 5) is 0. The van der Waals surface area contributed by atoms with Gasteiger partial charge in [-0.15, -0.1) is 0 Å². The zero-order valence-electron chi connectivity index (χ0n) is 13.7.